The molecule has 4 rings (SSSR count). The normalized spacial score (nSPS) is 26.6. The third-order valence-electron chi connectivity index (χ3n) is 6.72. The zero-order chi connectivity index (χ0) is 22.3. The maximum atomic E-state index is 12.7. The van der Waals surface area contributed by atoms with Gasteiger partial charge < -0.3 is 15.4 Å². The number of rotatable bonds is 10. The quantitative estimate of drug-likeness (QED) is 0.527. The number of thioether (sulfide) groups is 1. The number of nitrogens with one attached hydrogen (secondary N) is 2. The Bertz CT molecular complexity index is 870. The number of allylic oxidation sites excluding steroid dienone is 2. The highest BCUT2D eigenvalue weighted by Gasteiger charge is 2.43. The van der Waals surface area contributed by atoms with Gasteiger partial charge in [0.1, 0.15) is 6.04 Å². The summed E-state index contributed by atoms with van der Waals surface area (Å²) >= 11 is 1.67. The Labute approximate surface area is 194 Å². The van der Waals surface area contributed by atoms with Gasteiger partial charge in [-0.1, -0.05) is 18.7 Å². The lowest BCUT2D eigenvalue weighted by Gasteiger charge is -2.24. The molecule has 3 heterocycles. The third kappa shape index (κ3) is 6.03. The first-order valence-corrected chi connectivity index (χ1v) is 12.6. The second-order valence-corrected chi connectivity index (χ2v) is 10.2. The fourth-order valence-corrected chi connectivity index (χ4v) is 5.98. The standard InChI is InChI=1S/C24H33N5O2S/c1-2-3-22(11-21(12-25)28-24(30)23-19-4-5-20(10-19)27-23)32-16-18-13-26-29(15-18)14-17-6-8-31-9-7-17/h2-3,13,15,17,19-21,23,27H,1,4-11,14,16H2,(H,28,30)/b22-3-/t19-,20+,21-,23-/m0/s1. The first kappa shape index (κ1) is 23.1. The van der Waals surface area contributed by atoms with Crippen molar-refractivity contribution in [2.45, 2.75) is 68.9 Å². The Balaban J connectivity index is 1.26. The highest BCUT2D eigenvalue weighted by molar-refractivity contribution is 8.02. The van der Waals surface area contributed by atoms with E-state index in [-0.39, 0.29) is 11.9 Å². The van der Waals surface area contributed by atoms with Gasteiger partial charge >= 0.3 is 0 Å². The molecule has 1 aromatic heterocycles. The molecule has 7 nitrogen and oxygen atoms in total. The number of amides is 1. The van der Waals surface area contributed by atoms with E-state index in [2.05, 4.69) is 34.6 Å². The summed E-state index contributed by atoms with van der Waals surface area (Å²) in [7, 11) is 0. The molecule has 4 atom stereocenters. The molecule has 1 saturated carbocycles. The van der Waals surface area contributed by atoms with Crippen LogP contribution in [0.1, 0.15) is 44.1 Å². The zero-order valence-electron chi connectivity index (χ0n) is 18.5. The van der Waals surface area contributed by atoms with E-state index in [4.69, 9.17) is 4.74 Å². The average molecular weight is 456 g/mol. The lowest BCUT2D eigenvalue weighted by atomic mass is 9.99. The first-order chi connectivity index (χ1) is 15.6. The smallest absolute Gasteiger partial charge is 0.238 e. The molecular weight excluding hydrogens is 422 g/mol. The Kier molecular flexibility index (Phi) is 8.06. The number of hydrogen-bond donors (Lipinski definition) is 2. The maximum Gasteiger partial charge on any atom is 0.238 e. The van der Waals surface area contributed by atoms with Crippen molar-refractivity contribution in [1.82, 2.24) is 20.4 Å². The number of carbonyl (C=O) groups is 1. The molecular formula is C24H33N5O2S. The van der Waals surface area contributed by atoms with Crippen LogP contribution in [0.15, 0.2) is 36.0 Å². The predicted molar refractivity (Wildman–Crippen MR) is 126 cm³/mol. The van der Waals surface area contributed by atoms with Crippen molar-refractivity contribution >= 4 is 17.7 Å². The molecule has 0 aromatic carbocycles. The van der Waals surface area contributed by atoms with Gasteiger partial charge in [0, 0.05) is 49.7 Å². The summed E-state index contributed by atoms with van der Waals surface area (Å²) < 4.78 is 7.47. The van der Waals surface area contributed by atoms with Crippen LogP contribution in [0.4, 0.5) is 0 Å². The van der Waals surface area contributed by atoms with Gasteiger partial charge in [0.15, 0.2) is 0 Å². The van der Waals surface area contributed by atoms with Gasteiger partial charge in [-0.05, 0) is 48.8 Å². The minimum Gasteiger partial charge on any atom is -0.381 e. The van der Waals surface area contributed by atoms with Gasteiger partial charge in [0.05, 0.1) is 18.3 Å². The van der Waals surface area contributed by atoms with E-state index < -0.39 is 6.04 Å². The molecule has 1 aromatic rings. The van der Waals surface area contributed by atoms with Crippen molar-refractivity contribution in [2.75, 3.05) is 13.2 Å². The molecule has 2 bridgehead atoms. The van der Waals surface area contributed by atoms with Crippen LogP contribution in [0.5, 0.6) is 0 Å². The summed E-state index contributed by atoms with van der Waals surface area (Å²) in [5, 5.41) is 20.5. The Morgan fingerprint density at radius 2 is 2.28 bits per heavy atom. The van der Waals surface area contributed by atoms with Crippen molar-refractivity contribution in [2.24, 2.45) is 11.8 Å². The van der Waals surface area contributed by atoms with E-state index in [0.29, 0.717) is 24.3 Å². The molecule has 172 valence electrons. The van der Waals surface area contributed by atoms with Gasteiger partial charge in [-0.25, -0.2) is 0 Å². The van der Waals surface area contributed by atoms with E-state index in [1.165, 1.54) is 0 Å². The maximum absolute atomic E-state index is 12.7. The molecule has 3 aliphatic rings. The van der Waals surface area contributed by atoms with Crippen molar-refractivity contribution in [3.63, 3.8) is 0 Å². The van der Waals surface area contributed by atoms with Crippen LogP contribution >= 0.6 is 11.8 Å². The monoisotopic (exact) mass is 455 g/mol. The van der Waals surface area contributed by atoms with E-state index in [0.717, 1.165) is 68.1 Å². The molecule has 1 amide bonds. The number of ether oxygens (including phenoxy) is 1. The Hall–Kier alpha value is -2.08. The summed E-state index contributed by atoms with van der Waals surface area (Å²) in [4.78, 5) is 13.7. The topological polar surface area (TPSA) is 92.0 Å². The first-order valence-electron chi connectivity index (χ1n) is 11.6. The molecule has 8 heteroatoms. The third-order valence-corrected chi connectivity index (χ3v) is 7.87. The van der Waals surface area contributed by atoms with Crippen LogP contribution in [0, 0.1) is 23.2 Å². The predicted octanol–water partition coefficient (Wildman–Crippen LogP) is 3.15. The number of nitriles is 1. The van der Waals surface area contributed by atoms with E-state index in [1.807, 2.05) is 17.0 Å². The lowest BCUT2D eigenvalue weighted by Crippen LogP contribution is -2.50. The number of nitrogens with zero attached hydrogens (tertiary/aromatic N) is 3. The SMILES string of the molecule is C=C/C=C(/C[C@@H](C#N)NC(=O)[C@H]1N[C@@H]2CC[C@H]1C2)SCc1cnn(CC2CCOCC2)c1. The lowest BCUT2D eigenvalue weighted by molar-refractivity contribution is -0.124. The molecule has 2 saturated heterocycles. The Morgan fingerprint density at radius 3 is 2.97 bits per heavy atom. The summed E-state index contributed by atoms with van der Waals surface area (Å²) in [5.74, 6) is 1.77. The van der Waals surface area contributed by atoms with Crippen molar-refractivity contribution in [3.05, 3.63) is 41.6 Å². The fourth-order valence-electron chi connectivity index (χ4n) is 5.00. The largest absolute Gasteiger partial charge is 0.381 e. The molecule has 0 spiro atoms. The molecule has 32 heavy (non-hydrogen) atoms. The van der Waals surface area contributed by atoms with Gasteiger partial charge in [0.25, 0.3) is 0 Å². The van der Waals surface area contributed by atoms with E-state index in [1.54, 1.807) is 17.8 Å². The number of hydrogen-bond acceptors (Lipinski definition) is 6. The highest BCUT2D eigenvalue weighted by Crippen LogP contribution is 2.35. The summed E-state index contributed by atoms with van der Waals surface area (Å²) in [5.41, 5.74) is 1.15. The minimum absolute atomic E-state index is 0.0407. The van der Waals surface area contributed by atoms with E-state index >= 15 is 0 Å². The summed E-state index contributed by atoms with van der Waals surface area (Å²) in [6.07, 6.45) is 13.7. The molecule has 3 fully saturated rings. The summed E-state index contributed by atoms with van der Waals surface area (Å²) in [6.45, 7) is 6.44. The van der Waals surface area contributed by atoms with Crippen molar-refractivity contribution < 1.29 is 9.53 Å². The minimum atomic E-state index is -0.543. The van der Waals surface area contributed by atoms with Crippen LogP contribution in [0.3, 0.4) is 0 Å². The van der Waals surface area contributed by atoms with Crippen molar-refractivity contribution in [1.29, 1.82) is 5.26 Å². The molecule has 1 aliphatic carbocycles. The average Bonchev–Trinajstić information content (AvgIpc) is 3.55. The Morgan fingerprint density at radius 1 is 1.44 bits per heavy atom. The highest BCUT2D eigenvalue weighted by atomic mass is 32.2. The number of aromatic nitrogens is 2. The molecule has 0 radical (unpaired) electrons. The second kappa shape index (κ2) is 11.2. The van der Waals surface area contributed by atoms with Crippen LogP contribution in [-0.4, -0.2) is 47.0 Å². The second-order valence-electron chi connectivity index (χ2n) is 9.09. The van der Waals surface area contributed by atoms with Crippen LogP contribution < -0.4 is 10.6 Å². The van der Waals surface area contributed by atoms with Crippen LogP contribution in [0.25, 0.3) is 0 Å². The number of piperidine rings is 1. The van der Waals surface area contributed by atoms with Crippen LogP contribution in [-0.2, 0) is 21.8 Å². The fraction of sp³-hybridized carbons (Fsp3) is 0.625. The van der Waals surface area contributed by atoms with Gasteiger partial charge in [-0.2, -0.15) is 10.4 Å². The number of carbonyl (C=O) groups excluding carboxylic acids is 1. The zero-order valence-corrected chi connectivity index (χ0v) is 19.4. The number of fused-ring (bicyclic) bond motifs is 2. The van der Waals surface area contributed by atoms with E-state index in [9.17, 15) is 10.1 Å². The van der Waals surface area contributed by atoms with Gasteiger partial charge in [-0.3, -0.25) is 9.48 Å². The molecule has 2 aliphatic heterocycles. The van der Waals surface area contributed by atoms with Crippen LogP contribution in [0.2, 0.25) is 0 Å². The summed E-state index contributed by atoms with van der Waals surface area (Å²) in [6, 6.07) is 2.04. The molecule has 2 N–H and O–H groups in total. The van der Waals surface area contributed by atoms with Crippen molar-refractivity contribution in [3.8, 4) is 6.07 Å². The van der Waals surface area contributed by atoms with Gasteiger partial charge in [-0.15, -0.1) is 11.8 Å². The van der Waals surface area contributed by atoms with Gasteiger partial charge in [0.2, 0.25) is 5.91 Å². The molecule has 0 unspecified atom stereocenters.